The first-order chi connectivity index (χ1) is 11.6. The van der Waals surface area contributed by atoms with Crippen LogP contribution in [0.2, 0.25) is 10.0 Å². The second-order valence-corrected chi connectivity index (χ2v) is 6.34. The van der Waals surface area contributed by atoms with Crippen molar-refractivity contribution >= 4 is 40.6 Å². The quantitative estimate of drug-likeness (QED) is 0.838. The van der Waals surface area contributed by atoms with Crippen molar-refractivity contribution in [3.05, 3.63) is 52.1 Å². The molecule has 5 nitrogen and oxygen atoms in total. The monoisotopic (exact) mass is 365 g/mol. The zero-order valence-corrected chi connectivity index (χ0v) is 14.4. The summed E-state index contributed by atoms with van der Waals surface area (Å²) >= 11 is 11.9. The molecule has 2 N–H and O–H groups in total. The average Bonchev–Trinajstić information content (AvgIpc) is 3.10. The van der Waals surface area contributed by atoms with Crippen LogP contribution in [0.15, 0.2) is 36.5 Å². The Hall–Kier alpha value is -1.82. The van der Waals surface area contributed by atoms with Crippen molar-refractivity contribution in [1.82, 2.24) is 10.3 Å². The predicted octanol–water partition coefficient (Wildman–Crippen LogP) is 4.04. The number of halogens is 2. The van der Waals surface area contributed by atoms with Crippen LogP contribution in [-0.4, -0.2) is 30.1 Å². The Balaban J connectivity index is 1.64. The Bertz CT molecular complexity index is 734. The molecular weight excluding hydrogens is 349 g/mol. The Morgan fingerprint density at radius 2 is 2.12 bits per heavy atom. The molecule has 24 heavy (non-hydrogen) atoms. The number of nitrogens with one attached hydrogen (secondary N) is 2. The summed E-state index contributed by atoms with van der Waals surface area (Å²) in [5, 5.41) is 6.93. The molecule has 1 fully saturated rings. The molecule has 1 aromatic carbocycles. The lowest BCUT2D eigenvalue weighted by molar-refractivity contribution is 0.0857. The summed E-state index contributed by atoms with van der Waals surface area (Å²) in [5.41, 5.74) is 1.28. The molecule has 1 aromatic heterocycles. The molecule has 0 saturated carbocycles. The fourth-order valence-electron chi connectivity index (χ4n) is 2.48. The van der Waals surface area contributed by atoms with Gasteiger partial charge >= 0.3 is 0 Å². The van der Waals surface area contributed by atoms with Gasteiger partial charge < -0.3 is 15.4 Å². The first-order valence-electron chi connectivity index (χ1n) is 7.70. The maximum absolute atomic E-state index is 12.2. The Morgan fingerprint density at radius 3 is 2.88 bits per heavy atom. The third kappa shape index (κ3) is 4.38. The number of carbonyl (C=O) groups excluding carboxylic acids is 1. The Kier molecular flexibility index (Phi) is 5.56. The number of hydrogen-bond donors (Lipinski definition) is 2. The third-order valence-electron chi connectivity index (χ3n) is 3.73. The number of ether oxygens (including phenoxy) is 1. The summed E-state index contributed by atoms with van der Waals surface area (Å²) in [6, 6.07) is 8.55. The van der Waals surface area contributed by atoms with Crippen LogP contribution in [-0.2, 0) is 4.74 Å². The normalized spacial score (nSPS) is 16.8. The average molecular weight is 366 g/mol. The van der Waals surface area contributed by atoms with E-state index in [9.17, 15) is 4.79 Å². The summed E-state index contributed by atoms with van der Waals surface area (Å²) < 4.78 is 5.50. The number of hydrogen-bond acceptors (Lipinski definition) is 4. The zero-order valence-electron chi connectivity index (χ0n) is 12.9. The first kappa shape index (κ1) is 17.0. The predicted molar refractivity (Wildman–Crippen MR) is 95.3 cm³/mol. The van der Waals surface area contributed by atoms with Crippen LogP contribution in [0.1, 0.15) is 23.2 Å². The number of benzene rings is 1. The molecule has 1 aliphatic rings. The van der Waals surface area contributed by atoms with E-state index in [1.807, 2.05) is 0 Å². The van der Waals surface area contributed by atoms with Crippen molar-refractivity contribution in [2.45, 2.75) is 18.9 Å². The van der Waals surface area contributed by atoms with Gasteiger partial charge in [-0.3, -0.25) is 4.79 Å². The minimum Gasteiger partial charge on any atom is -0.376 e. The maximum atomic E-state index is 12.2. The van der Waals surface area contributed by atoms with E-state index in [1.54, 1.807) is 36.5 Å². The summed E-state index contributed by atoms with van der Waals surface area (Å²) in [6.45, 7) is 1.30. The van der Waals surface area contributed by atoms with Gasteiger partial charge in [0.25, 0.3) is 5.91 Å². The van der Waals surface area contributed by atoms with E-state index in [0.717, 1.165) is 25.1 Å². The smallest absolute Gasteiger partial charge is 0.251 e. The molecule has 0 radical (unpaired) electrons. The molecule has 7 heteroatoms. The molecule has 126 valence electrons. The Morgan fingerprint density at radius 1 is 1.25 bits per heavy atom. The molecule has 2 heterocycles. The second kappa shape index (κ2) is 7.83. The summed E-state index contributed by atoms with van der Waals surface area (Å²) in [7, 11) is 0. The van der Waals surface area contributed by atoms with Gasteiger partial charge in [0.1, 0.15) is 5.82 Å². The SMILES string of the molecule is O=C(NCC1CCCO1)c1ccnc(Nc2ccc(Cl)c(Cl)c2)c1. The van der Waals surface area contributed by atoms with Crippen molar-refractivity contribution in [3.8, 4) is 0 Å². The van der Waals surface area contributed by atoms with Gasteiger partial charge in [0.05, 0.1) is 16.1 Å². The number of rotatable bonds is 5. The summed E-state index contributed by atoms with van der Waals surface area (Å²) in [5.74, 6) is 0.406. The maximum Gasteiger partial charge on any atom is 0.251 e. The topological polar surface area (TPSA) is 63.2 Å². The van der Waals surface area contributed by atoms with Gasteiger partial charge in [-0.2, -0.15) is 0 Å². The van der Waals surface area contributed by atoms with Crippen LogP contribution in [0.5, 0.6) is 0 Å². The van der Waals surface area contributed by atoms with Gasteiger partial charge in [-0.05, 0) is 43.2 Å². The number of carbonyl (C=O) groups is 1. The van der Waals surface area contributed by atoms with Gasteiger partial charge in [0, 0.05) is 30.6 Å². The molecule has 0 aliphatic carbocycles. The lowest BCUT2D eigenvalue weighted by atomic mass is 10.2. The highest BCUT2D eigenvalue weighted by molar-refractivity contribution is 6.42. The first-order valence-corrected chi connectivity index (χ1v) is 8.45. The number of pyridine rings is 1. The fourth-order valence-corrected chi connectivity index (χ4v) is 2.77. The number of anilines is 2. The van der Waals surface area contributed by atoms with Crippen LogP contribution in [0.3, 0.4) is 0 Å². The van der Waals surface area contributed by atoms with Gasteiger partial charge in [0.2, 0.25) is 0 Å². The minimum absolute atomic E-state index is 0.115. The van der Waals surface area contributed by atoms with Crippen molar-refractivity contribution in [2.75, 3.05) is 18.5 Å². The van der Waals surface area contributed by atoms with E-state index in [0.29, 0.717) is 28.0 Å². The van der Waals surface area contributed by atoms with E-state index in [4.69, 9.17) is 27.9 Å². The largest absolute Gasteiger partial charge is 0.376 e. The number of amides is 1. The van der Waals surface area contributed by atoms with E-state index in [2.05, 4.69) is 15.6 Å². The molecular formula is C17H17Cl2N3O2. The molecule has 1 aliphatic heterocycles. The second-order valence-electron chi connectivity index (χ2n) is 5.53. The van der Waals surface area contributed by atoms with Crippen LogP contribution >= 0.6 is 23.2 Å². The molecule has 1 atom stereocenters. The lowest BCUT2D eigenvalue weighted by Gasteiger charge is -2.11. The van der Waals surface area contributed by atoms with E-state index in [-0.39, 0.29) is 12.0 Å². The minimum atomic E-state index is -0.148. The molecule has 1 saturated heterocycles. The van der Waals surface area contributed by atoms with Gasteiger partial charge in [-0.15, -0.1) is 0 Å². The lowest BCUT2D eigenvalue weighted by Crippen LogP contribution is -2.31. The van der Waals surface area contributed by atoms with Crippen molar-refractivity contribution < 1.29 is 9.53 Å². The standard InChI is InChI=1S/C17H17Cl2N3O2/c18-14-4-3-12(9-15(14)19)22-16-8-11(5-6-20-16)17(23)21-10-13-2-1-7-24-13/h3-6,8-9,13H,1-2,7,10H2,(H,20,22)(H,21,23). The fraction of sp³-hybridized carbons (Fsp3) is 0.294. The van der Waals surface area contributed by atoms with Gasteiger partial charge in [0.15, 0.2) is 0 Å². The van der Waals surface area contributed by atoms with Crippen molar-refractivity contribution in [3.63, 3.8) is 0 Å². The number of nitrogens with zero attached hydrogens (tertiary/aromatic N) is 1. The highest BCUT2D eigenvalue weighted by atomic mass is 35.5. The molecule has 2 aromatic rings. The zero-order chi connectivity index (χ0) is 16.9. The highest BCUT2D eigenvalue weighted by Gasteiger charge is 2.16. The van der Waals surface area contributed by atoms with Crippen molar-refractivity contribution in [2.24, 2.45) is 0 Å². The third-order valence-corrected chi connectivity index (χ3v) is 4.47. The van der Waals surface area contributed by atoms with Crippen LogP contribution in [0.25, 0.3) is 0 Å². The molecule has 0 bridgehead atoms. The van der Waals surface area contributed by atoms with Gasteiger partial charge in [-0.25, -0.2) is 4.98 Å². The summed E-state index contributed by atoms with van der Waals surface area (Å²) in [6.07, 6.45) is 3.74. The number of aromatic nitrogens is 1. The Labute approximate surface area is 150 Å². The summed E-state index contributed by atoms with van der Waals surface area (Å²) in [4.78, 5) is 16.5. The molecule has 0 spiro atoms. The highest BCUT2D eigenvalue weighted by Crippen LogP contribution is 2.26. The molecule has 3 rings (SSSR count). The molecule has 1 unspecified atom stereocenters. The van der Waals surface area contributed by atoms with Crippen LogP contribution < -0.4 is 10.6 Å². The van der Waals surface area contributed by atoms with Crippen LogP contribution in [0.4, 0.5) is 11.5 Å². The van der Waals surface area contributed by atoms with Crippen molar-refractivity contribution in [1.29, 1.82) is 0 Å². The van der Waals surface area contributed by atoms with E-state index in [1.165, 1.54) is 0 Å². The van der Waals surface area contributed by atoms with E-state index >= 15 is 0 Å². The molecule has 1 amide bonds. The van der Waals surface area contributed by atoms with E-state index < -0.39 is 0 Å². The van der Waals surface area contributed by atoms with Crippen LogP contribution in [0, 0.1) is 0 Å². The van der Waals surface area contributed by atoms with Gasteiger partial charge in [-0.1, -0.05) is 23.2 Å².